The number of hydrogen-bond acceptors (Lipinski definition) is 3. The number of ether oxygens (including phenoxy) is 1. The van der Waals surface area contributed by atoms with E-state index in [4.69, 9.17) is 4.74 Å². The highest BCUT2D eigenvalue weighted by molar-refractivity contribution is 5.77. The van der Waals surface area contributed by atoms with E-state index in [1.54, 1.807) is 0 Å². The monoisotopic (exact) mass is 275 g/mol. The minimum atomic E-state index is 0.216. The van der Waals surface area contributed by atoms with Crippen molar-refractivity contribution in [2.45, 2.75) is 45.1 Å². The summed E-state index contributed by atoms with van der Waals surface area (Å²) in [5, 5.41) is 7.57. The van der Waals surface area contributed by atoms with Crippen molar-refractivity contribution < 1.29 is 9.53 Å². The Labute approximate surface area is 118 Å². The molecule has 2 saturated heterocycles. The molecule has 2 fully saturated rings. The summed E-state index contributed by atoms with van der Waals surface area (Å²) in [7, 11) is 0. The molecule has 2 aliphatic heterocycles. The van der Waals surface area contributed by atoms with E-state index in [0.29, 0.717) is 13.0 Å². The first-order chi connectivity index (χ1) is 9.76. The van der Waals surface area contributed by atoms with Crippen LogP contribution in [-0.4, -0.2) is 40.8 Å². The number of rotatable bonds is 2. The van der Waals surface area contributed by atoms with Gasteiger partial charge in [-0.05, 0) is 37.7 Å². The molecule has 1 spiro atoms. The number of H-pyrrole nitrogens is 1. The first kappa shape index (κ1) is 12.4. The first-order valence-electron chi connectivity index (χ1n) is 7.66. The van der Waals surface area contributed by atoms with Crippen molar-refractivity contribution in [2.24, 2.45) is 5.41 Å². The second-order valence-corrected chi connectivity index (χ2v) is 6.53. The highest BCUT2D eigenvalue weighted by Crippen LogP contribution is 2.38. The molecule has 1 atom stereocenters. The van der Waals surface area contributed by atoms with Crippen molar-refractivity contribution in [2.75, 3.05) is 19.8 Å². The normalized spacial score (nSPS) is 29.4. The van der Waals surface area contributed by atoms with Gasteiger partial charge in [-0.3, -0.25) is 9.89 Å². The van der Waals surface area contributed by atoms with Gasteiger partial charge < -0.3 is 9.64 Å². The van der Waals surface area contributed by atoms with E-state index in [2.05, 4.69) is 10.2 Å². The molecule has 1 aromatic rings. The summed E-state index contributed by atoms with van der Waals surface area (Å²) in [6, 6.07) is 0. The fraction of sp³-hybridized carbons (Fsp3) is 0.733. The van der Waals surface area contributed by atoms with Crippen LogP contribution < -0.4 is 0 Å². The number of fused-ring (bicyclic) bond motifs is 1. The van der Waals surface area contributed by atoms with Crippen LogP contribution in [0.15, 0.2) is 0 Å². The number of aromatic amines is 1. The fourth-order valence-corrected chi connectivity index (χ4v) is 3.92. The van der Waals surface area contributed by atoms with E-state index in [0.717, 1.165) is 51.1 Å². The lowest BCUT2D eigenvalue weighted by Gasteiger charge is -2.39. The summed E-state index contributed by atoms with van der Waals surface area (Å²) in [6.07, 6.45) is 6.17. The Bertz CT molecular complexity index is 531. The molecular formula is C15H21N3O2. The second-order valence-electron chi connectivity index (χ2n) is 6.53. The Kier molecular flexibility index (Phi) is 2.84. The molecule has 108 valence electrons. The average Bonchev–Trinajstić information content (AvgIpc) is 3.13. The number of carbonyl (C=O) groups is 1. The lowest BCUT2D eigenvalue weighted by atomic mass is 9.79. The molecule has 5 heteroatoms. The van der Waals surface area contributed by atoms with Crippen LogP contribution in [0, 0.1) is 5.41 Å². The summed E-state index contributed by atoms with van der Waals surface area (Å²) in [5.74, 6) is 0.275. The average molecular weight is 275 g/mol. The number of likely N-dealkylation sites (tertiary alicyclic amines) is 1. The summed E-state index contributed by atoms with van der Waals surface area (Å²) in [4.78, 5) is 14.2. The molecule has 0 saturated carbocycles. The van der Waals surface area contributed by atoms with Crippen LogP contribution in [0.25, 0.3) is 0 Å². The van der Waals surface area contributed by atoms with Crippen LogP contribution in [0.2, 0.25) is 0 Å². The first-order valence-corrected chi connectivity index (χ1v) is 7.66. The van der Waals surface area contributed by atoms with Gasteiger partial charge in [0.05, 0.1) is 18.8 Å². The molecule has 1 aliphatic carbocycles. The Morgan fingerprint density at radius 3 is 3.10 bits per heavy atom. The SMILES string of the molecule is O=C1CCC2(CCOC2)CN1Cc1n[nH]c2c1CCC2. The van der Waals surface area contributed by atoms with Crippen molar-refractivity contribution in [1.29, 1.82) is 0 Å². The van der Waals surface area contributed by atoms with Crippen molar-refractivity contribution in [1.82, 2.24) is 15.1 Å². The summed E-state index contributed by atoms with van der Waals surface area (Å²) < 4.78 is 5.57. The van der Waals surface area contributed by atoms with Crippen LogP contribution in [0.1, 0.15) is 42.6 Å². The van der Waals surface area contributed by atoms with Gasteiger partial charge in [-0.15, -0.1) is 0 Å². The van der Waals surface area contributed by atoms with Gasteiger partial charge in [0.1, 0.15) is 0 Å². The molecule has 4 rings (SSSR count). The number of piperidine rings is 1. The third-order valence-electron chi connectivity index (χ3n) is 5.17. The maximum Gasteiger partial charge on any atom is 0.222 e. The van der Waals surface area contributed by atoms with Crippen LogP contribution >= 0.6 is 0 Å². The Balaban J connectivity index is 1.53. The number of aromatic nitrogens is 2. The fourth-order valence-electron chi connectivity index (χ4n) is 3.92. The van der Waals surface area contributed by atoms with Crippen molar-refractivity contribution in [3.8, 4) is 0 Å². The number of amides is 1. The molecule has 20 heavy (non-hydrogen) atoms. The molecule has 5 nitrogen and oxygen atoms in total. The van der Waals surface area contributed by atoms with Crippen molar-refractivity contribution in [3.63, 3.8) is 0 Å². The quantitative estimate of drug-likeness (QED) is 0.888. The zero-order valence-corrected chi connectivity index (χ0v) is 11.8. The molecule has 0 radical (unpaired) electrons. The molecule has 0 bridgehead atoms. The van der Waals surface area contributed by atoms with Crippen LogP contribution in [-0.2, 0) is 28.9 Å². The Hall–Kier alpha value is -1.36. The van der Waals surface area contributed by atoms with E-state index in [1.807, 2.05) is 4.90 Å². The molecule has 3 aliphatic rings. The molecule has 0 aromatic carbocycles. The van der Waals surface area contributed by atoms with Gasteiger partial charge in [-0.25, -0.2) is 0 Å². The van der Waals surface area contributed by atoms with Crippen molar-refractivity contribution in [3.05, 3.63) is 17.0 Å². The van der Waals surface area contributed by atoms with Crippen LogP contribution in [0.5, 0.6) is 0 Å². The lowest BCUT2D eigenvalue weighted by molar-refractivity contribution is -0.138. The maximum atomic E-state index is 12.2. The van der Waals surface area contributed by atoms with Gasteiger partial charge in [0.25, 0.3) is 0 Å². The van der Waals surface area contributed by atoms with Crippen LogP contribution in [0.4, 0.5) is 0 Å². The van der Waals surface area contributed by atoms with E-state index in [-0.39, 0.29) is 11.3 Å². The van der Waals surface area contributed by atoms with E-state index in [1.165, 1.54) is 17.7 Å². The molecule has 1 N–H and O–H groups in total. The highest BCUT2D eigenvalue weighted by atomic mass is 16.5. The summed E-state index contributed by atoms with van der Waals surface area (Å²) in [6.45, 7) is 3.18. The summed E-state index contributed by atoms with van der Waals surface area (Å²) >= 11 is 0. The standard InChI is InChI=1S/C15H21N3O2/c19-14-4-5-15(6-7-20-10-15)9-18(14)8-13-11-2-1-3-12(11)16-17-13/h1-10H2,(H,16,17). The minimum Gasteiger partial charge on any atom is -0.381 e. The zero-order chi connectivity index (χ0) is 13.6. The van der Waals surface area contributed by atoms with E-state index >= 15 is 0 Å². The minimum absolute atomic E-state index is 0.216. The number of hydrogen-bond donors (Lipinski definition) is 1. The number of carbonyl (C=O) groups excluding carboxylic acids is 1. The highest BCUT2D eigenvalue weighted by Gasteiger charge is 2.41. The predicted octanol–water partition coefficient (Wildman–Crippen LogP) is 1.43. The number of nitrogens with one attached hydrogen (secondary N) is 1. The molecule has 1 aromatic heterocycles. The number of nitrogens with zero attached hydrogens (tertiary/aromatic N) is 2. The zero-order valence-electron chi connectivity index (χ0n) is 11.8. The van der Waals surface area contributed by atoms with Crippen molar-refractivity contribution >= 4 is 5.91 Å². The molecule has 1 unspecified atom stereocenters. The van der Waals surface area contributed by atoms with E-state index < -0.39 is 0 Å². The Morgan fingerprint density at radius 2 is 2.25 bits per heavy atom. The third-order valence-corrected chi connectivity index (χ3v) is 5.17. The number of aryl methyl sites for hydroxylation is 1. The van der Waals surface area contributed by atoms with Crippen LogP contribution in [0.3, 0.4) is 0 Å². The molecule has 3 heterocycles. The Morgan fingerprint density at radius 1 is 1.30 bits per heavy atom. The van der Waals surface area contributed by atoms with E-state index in [9.17, 15) is 4.79 Å². The second kappa shape index (κ2) is 4.58. The third kappa shape index (κ3) is 1.95. The maximum absolute atomic E-state index is 12.2. The van der Waals surface area contributed by atoms with Gasteiger partial charge in [-0.1, -0.05) is 0 Å². The van der Waals surface area contributed by atoms with Gasteiger partial charge in [0, 0.05) is 30.7 Å². The lowest BCUT2D eigenvalue weighted by Crippen LogP contribution is -2.46. The summed E-state index contributed by atoms with van der Waals surface area (Å²) in [5.41, 5.74) is 3.94. The molecular weight excluding hydrogens is 254 g/mol. The smallest absolute Gasteiger partial charge is 0.222 e. The van der Waals surface area contributed by atoms with Gasteiger partial charge in [0.2, 0.25) is 5.91 Å². The molecule has 1 amide bonds. The topological polar surface area (TPSA) is 58.2 Å². The predicted molar refractivity (Wildman–Crippen MR) is 73.1 cm³/mol. The van der Waals surface area contributed by atoms with Gasteiger partial charge in [0.15, 0.2) is 0 Å². The van der Waals surface area contributed by atoms with Gasteiger partial charge >= 0.3 is 0 Å². The van der Waals surface area contributed by atoms with Gasteiger partial charge in [-0.2, -0.15) is 5.10 Å². The largest absolute Gasteiger partial charge is 0.381 e.